The summed E-state index contributed by atoms with van der Waals surface area (Å²) in [5, 5.41) is 2.87. The summed E-state index contributed by atoms with van der Waals surface area (Å²) in [7, 11) is 0. The molecular weight excluding hydrogens is 274 g/mol. The molecule has 82 valence electrons. The van der Waals surface area contributed by atoms with Gasteiger partial charge in [0.15, 0.2) is 0 Å². The Morgan fingerprint density at radius 3 is 2.93 bits per heavy atom. The molecule has 0 saturated carbocycles. The van der Waals surface area contributed by atoms with Crippen LogP contribution in [0.1, 0.15) is 25.1 Å². The molecule has 15 heavy (non-hydrogen) atoms. The molecule has 0 aliphatic carbocycles. The van der Waals surface area contributed by atoms with Crippen LogP contribution < -0.4 is 5.32 Å². The Bertz CT molecular complexity index is 359. The molecule has 1 N–H and O–H groups in total. The van der Waals surface area contributed by atoms with Crippen LogP contribution in [0.4, 0.5) is 0 Å². The maximum Gasteiger partial charge on any atom is 0.244 e. The number of halogens is 1. The monoisotopic (exact) mass is 287 g/mol. The Hall–Kier alpha value is -0.610. The Morgan fingerprint density at radius 2 is 2.40 bits per heavy atom. The standard InChI is InChI=1S/C11H14BrNOS/c1-3-8(2)13-11(14)7-5-9-4-6-10(12)15-9/h4-8H,3H2,1-2H3,(H,13,14)/b7-5-/t8-/m1/s1. The molecule has 1 rings (SSSR count). The molecule has 2 nitrogen and oxygen atoms in total. The quantitative estimate of drug-likeness (QED) is 0.845. The first-order valence-corrected chi connectivity index (χ1v) is 6.46. The van der Waals surface area contributed by atoms with Gasteiger partial charge in [-0.2, -0.15) is 0 Å². The normalized spacial score (nSPS) is 13.0. The van der Waals surface area contributed by atoms with E-state index in [-0.39, 0.29) is 11.9 Å². The highest BCUT2D eigenvalue weighted by Gasteiger charge is 2.01. The molecule has 0 aliphatic rings. The second-order valence-electron chi connectivity index (χ2n) is 3.29. The van der Waals surface area contributed by atoms with Gasteiger partial charge in [0.05, 0.1) is 3.79 Å². The molecule has 1 heterocycles. The van der Waals surface area contributed by atoms with E-state index in [2.05, 4.69) is 21.2 Å². The predicted molar refractivity (Wildman–Crippen MR) is 68.9 cm³/mol. The van der Waals surface area contributed by atoms with Gasteiger partial charge in [0, 0.05) is 17.0 Å². The van der Waals surface area contributed by atoms with Crippen LogP contribution in [0.5, 0.6) is 0 Å². The number of carbonyl (C=O) groups is 1. The maximum absolute atomic E-state index is 11.4. The first kappa shape index (κ1) is 12.5. The lowest BCUT2D eigenvalue weighted by atomic mass is 10.2. The minimum absolute atomic E-state index is 0.0335. The molecule has 0 aliphatic heterocycles. The average Bonchev–Trinajstić information content (AvgIpc) is 2.61. The number of hydrogen-bond donors (Lipinski definition) is 1. The largest absolute Gasteiger partial charge is 0.350 e. The molecule has 0 fully saturated rings. The van der Waals surface area contributed by atoms with Gasteiger partial charge in [-0.15, -0.1) is 11.3 Å². The van der Waals surface area contributed by atoms with Gasteiger partial charge in [0.25, 0.3) is 0 Å². The van der Waals surface area contributed by atoms with Gasteiger partial charge in [0.2, 0.25) is 5.91 Å². The maximum atomic E-state index is 11.4. The molecule has 4 heteroatoms. The highest BCUT2D eigenvalue weighted by molar-refractivity contribution is 9.11. The van der Waals surface area contributed by atoms with Crippen molar-refractivity contribution in [2.24, 2.45) is 0 Å². The smallest absolute Gasteiger partial charge is 0.244 e. The molecule has 0 radical (unpaired) electrons. The van der Waals surface area contributed by atoms with Crippen molar-refractivity contribution < 1.29 is 4.79 Å². The van der Waals surface area contributed by atoms with E-state index in [1.54, 1.807) is 17.4 Å². The highest BCUT2D eigenvalue weighted by atomic mass is 79.9. The van der Waals surface area contributed by atoms with Crippen molar-refractivity contribution in [1.29, 1.82) is 0 Å². The highest BCUT2D eigenvalue weighted by Crippen LogP contribution is 2.22. The summed E-state index contributed by atoms with van der Waals surface area (Å²) in [5.74, 6) is -0.0335. The van der Waals surface area contributed by atoms with Crippen molar-refractivity contribution in [2.45, 2.75) is 26.3 Å². The lowest BCUT2D eigenvalue weighted by Gasteiger charge is -2.08. The van der Waals surface area contributed by atoms with Crippen LogP contribution in [-0.4, -0.2) is 11.9 Å². The summed E-state index contributed by atoms with van der Waals surface area (Å²) in [6.07, 6.45) is 4.35. The molecule has 1 atom stereocenters. The van der Waals surface area contributed by atoms with Crippen molar-refractivity contribution in [1.82, 2.24) is 5.32 Å². The van der Waals surface area contributed by atoms with Gasteiger partial charge in [-0.3, -0.25) is 4.79 Å². The molecule has 1 aromatic heterocycles. The Labute approximate surface area is 103 Å². The van der Waals surface area contributed by atoms with Gasteiger partial charge in [0.1, 0.15) is 0 Å². The van der Waals surface area contributed by atoms with E-state index in [4.69, 9.17) is 0 Å². The zero-order chi connectivity index (χ0) is 11.3. The second kappa shape index (κ2) is 6.08. The molecule has 0 spiro atoms. The Kier molecular flexibility index (Phi) is 5.05. The first-order valence-electron chi connectivity index (χ1n) is 4.85. The van der Waals surface area contributed by atoms with Gasteiger partial charge in [-0.25, -0.2) is 0 Å². The van der Waals surface area contributed by atoms with Gasteiger partial charge in [-0.05, 0) is 47.5 Å². The van der Waals surface area contributed by atoms with Crippen molar-refractivity contribution in [2.75, 3.05) is 0 Å². The van der Waals surface area contributed by atoms with Gasteiger partial charge in [-0.1, -0.05) is 6.92 Å². The summed E-state index contributed by atoms with van der Waals surface area (Å²) in [4.78, 5) is 12.5. The SMILES string of the molecule is CC[C@@H](C)NC(=O)/C=C\c1ccc(Br)s1. The van der Waals surface area contributed by atoms with E-state index in [1.165, 1.54) is 0 Å². The number of nitrogens with one attached hydrogen (secondary N) is 1. The van der Waals surface area contributed by atoms with Crippen LogP contribution in [-0.2, 0) is 4.79 Å². The zero-order valence-corrected chi connectivity index (χ0v) is 11.2. The van der Waals surface area contributed by atoms with Crippen LogP contribution in [0.2, 0.25) is 0 Å². The van der Waals surface area contributed by atoms with Crippen LogP contribution in [0.3, 0.4) is 0 Å². The molecular formula is C11H14BrNOS. The van der Waals surface area contributed by atoms with Crippen molar-refractivity contribution >= 4 is 39.2 Å². The first-order chi connectivity index (χ1) is 7.11. The fourth-order valence-corrected chi connectivity index (χ4v) is 2.30. The molecule has 0 unspecified atom stereocenters. The predicted octanol–water partition coefficient (Wildman–Crippen LogP) is 3.44. The summed E-state index contributed by atoms with van der Waals surface area (Å²) < 4.78 is 1.07. The average molecular weight is 288 g/mol. The van der Waals surface area contributed by atoms with Gasteiger partial charge >= 0.3 is 0 Å². The van der Waals surface area contributed by atoms with Crippen LogP contribution >= 0.6 is 27.3 Å². The zero-order valence-electron chi connectivity index (χ0n) is 8.79. The topological polar surface area (TPSA) is 29.1 Å². The Balaban J connectivity index is 2.47. The van der Waals surface area contributed by atoms with E-state index in [9.17, 15) is 4.79 Å². The fraction of sp³-hybridized carbons (Fsp3) is 0.364. The minimum atomic E-state index is -0.0335. The van der Waals surface area contributed by atoms with Gasteiger partial charge < -0.3 is 5.32 Å². The van der Waals surface area contributed by atoms with Crippen molar-refractivity contribution in [3.63, 3.8) is 0 Å². The third kappa shape index (κ3) is 4.62. The van der Waals surface area contributed by atoms with Crippen molar-refractivity contribution in [3.8, 4) is 0 Å². The minimum Gasteiger partial charge on any atom is -0.350 e. The number of amides is 1. The molecule has 0 aromatic carbocycles. The summed E-state index contributed by atoms with van der Waals surface area (Å²) in [6.45, 7) is 4.04. The van der Waals surface area contributed by atoms with E-state index in [0.29, 0.717) is 0 Å². The lowest BCUT2D eigenvalue weighted by Crippen LogP contribution is -2.30. The Morgan fingerprint density at radius 1 is 1.67 bits per heavy atom. The molecule has 1 amide bonds. The number of carbonyl (C=O) groups excluding carboxylic acids is 1. The summed E-state index contributed by atoms with van der Waals surface area (Å²) in [6, 6.07) is 4.18. The van der Waals surface area contributed by atoms with Crippen LogP contribution in [0.25, 0.3) is 6.08 Å². The summed E-state index contributed by atoms with van der Waals surface area (Å²) in [5.41, 5.74) is 0. The van der Waals surface area contributed by atoms with Crippen molar-refractivity contribution in [3.05, 3.63) is 26.9 Å². The second-order valence-corrected chi connectivity index (χ2v) is 5.79. The van der Waals surface area contributed by atoms with Crippen LogP contribution in [0, 0.1) is 0 Å². The van der Waals surface area contributed by atoms with E-state index < -0.39 is 0 Å². The fourth-order valence-electron chi connectivity index (χ4n) is 0.969. The number of thiophene rings is 1. The number of hydrogen-bond acceptors (Lipinski definition) is 2. The number of rotatable bonds is 4. The van der Waals surface area contributed by atoms with E-state index in [0.717, 1.165) is 15.1 Å². The molecule has 1 aromatic rings. The summed E-state index contributed by atoms with van der Waals surface area (Å²) >= 11 is 4.98. The third-order valence-corrected chi connectivity index (χ3v) is 3.58. The van der Waals surface area contributed by atoms with E-state index >= 15 is 0 Å². The van der Waals surface area contributed by atoms with Crippen LogP contribution in [0.15, 0.2) is 22.0 Å². The molecule has 0 saturated heterocycles. The lowest BCUT2D eigenvalue weighted by molar-refractivity contribution is -0.117. The van der Waals surface area contributed by atoms with E-state index in [1.807, 2.05) is 32.1 Å². The third-order valence-electron chi connectivity index (χ3n) is 1.99. The molecule has 0 bridgehead atoms.